The van der Waals surface area contributed by atoms with E-state index in [0.29, 0.717) is 5.69 Å². The van der Waals surface area contributed by atoms with Gasteiger partial charge in [0.05, 0.1) is 35.0 Å². The Balaban J connectivity index is 1.98. The Morgan fingerprint density at radius 1 is 1.06 bits per heavy atom. The van der Waals surface area contributed by atoms with Crippen molar-refractivity contribution in [1.82, 2.24) is 9.97 Å². The molecule has 0 radical (unpaired) electrons. The van der Waals surface area contributed by atoms with E-state index in [9.17, 15) is 0 Å². The molecule has 0 fully saturated rings. The van der Waals surface area contributed by atoms with E-state index in [2.05, 4.69) is 15.3 Å². The Morgan fingerprint density at radius 2 is 1.94 bits per heavy atom. The van der Waals surface area contributed by atoms with E-state index in [0.717, 1.165) is 22.3 Å². The fourth-order valence-electron chi connectivity index (χ4n) is 1.82. The van der Waals surface area contributed by atoms with Crippen molar-refractivity contribution in [3.8, 4) is 0 Å². The lowest BCUT2D eigenvalue weighted by Crippen LogP contribution is -1.97. The molecule has 0 spiro atoms. The van der Waals surface area contributed by atoms with Crippen molar-refractivity contribution in [1.29, 1.82) is 0 Å². The molecule has 4 heteroatoms. The number of nitrogens with zero attached hydrogens (tertiary/aromatic N) is 2. The molecule has 1 aromatic carbocycles. The average molecular weight is 236 g/mol. The molecule has 0 aliphatic carbocycles. The Labute approximate surface area is 104 Å². The summed E-state index contributed by atoms with van der Waals surface area (Å²) in [6.07, 6.45) is 5.12. The van der Waals surface area contributed by atoms with Crippen LogP contribution < -0.4 is 11.1 Å². The molecule has 0 atom stereocenters. The number of nitrogens with two attached hydrogens (primary N) is 1. The number of anilines is 3. The van der Waals surface area contributed by atoms with Crippen LogP contribution in [-0.2, 0) is 0 Å². The Morgan fingerprint density at radius 3 is 2.83 bits per heavy atom. The summed E-state index contributed by atoms with van der Waals surface area (Å²) in [5, 5.41) is 4.33. The minimum atomic E-state index is 0.616. The maximum absolute atomic E-state index is 5.84. The number of nitrogens with one attached hydrogen (secondary N) is 1. The van der Waals surface area contributed by atoms with E-state index in [4.69, 9.17) is 5.73 Å². The van der Waals surface area contributed by atoms with E-state index in [1.54, 1.807) is 18.6 Å². The van der Waals surface area contributed by atoms with Gasteiger partial charge in [-0.05, 0) is 18.2 Å². The van der Waals surface area contributed by atoms with Crippen molar-refractivity contribution in [2.75, 3.05) is 11.1 Å². The minimum Gasteiger partial charge on any atom is -0.396 e. The van der Waals surface area contributed by atoms with Gasteiger partial charge in [0.25, 0.3) is 0 Å². The zero-order valence-corrected chi connectivity index (χ0v) is 9.67. The molecule has 0 amide bonds. The zero-order chi connectivity index (χ0) is 12.4. The number of benzene rings is 1. The molecule has 0 saturated heterocycles. The van der Waals surface area contributed by atoms with Gasteiger partial charge in [-0.2, -0.15) is 0 Å². The standard InChI is InChI=1S/C14H12N4/c15-12-9-16-6-5-14(12)18-11-7-10-3-1-2-4-13(10)17-8-11/h1-9H,15H2,(H,16,18). The molecule has 0 aliphatic heterocycles. The van der Waals surface area contributed by atoms with Crippen molar-refractivity contribution < 1.29 is 0 Å². The van der Waals surface area contributed by atoms with E-state index in [1.165, 1.54) is 0 Å². The lowest BCUT2D eigenvalue weighted by Gasteiger charge is -2.08. The molecule has 3 aromatic rings. The number of rotatable bonds is 2. The molecule has 2 heterocycles. The lowest BCUT2D eigenvalue weighted by atomic mass is 10.2. The van der Waals surface area contributed by atoms with Gasteiger partial charge in [-0.3, -0.25) is 9.97 Å². The van der Waals surface area contributed by atoms with Gasteiger partial charge in [-0.15, -0.1) is 0 Å². The van der Waals surface area contributed by atoms with Crippen molar-refractivity contribution >= 4 is 28.0 Å². The van der Waals surface area contributed by atoms with E-state index < -0.39 is 0 Å². The van der Waals surface area contributed by atoms with Crippen LogP contribution in [0.4, 0.5) is 17.1 Å². The first-order valence-electron chi connectivity index (χ1n) is 5.64. The zero-order valence-electron chi connectivity index (χ0n) is 9.67. The summed E-state index contributed by atoms with van der Waals surface area (Å²) in [5.41, 5.74) is 9.17. The summed E-state index contributed by atoms with van der Waals surface area (Å²) in [4.78, 5) is 8.34. The van der Waals surface area contributed by atoms with Crippen LogP contribution in [0.25, 0.3) is 10.9 Å². The second-order valence-corrected chi connectivity index (χ2v) is 4.00. The van der Waals surface area contributed by atoms with Crippen LogP contribution >= 0.6 is 0 Å². The molecule has 88 valence electrons. The monoisotopic (exact) mass is 236 g/mol. The van der Waals surface area contributed by atoms with Crippen molar-refractivity contribution in [2.45, 2.75) is 0 Å². The van der Waals surface area contributed by atoms with Crippen molar-refractivity contribution in [3.05, 3.63) is 55.0 Å². The van der Waals surface area contributed by atoms with Gasteiger partial charge in [0.1, 0.15) is 0 Å². The van der Waals surface area contributed by atoms with Gasteiger partial charge in [0.2, 0.25) is 0 Å². The summed E-state index contributed by atoms with van der Waals surface area (Å²) in [7, 11) is 0. The van der Waals surface area contributed by atoms with Gasteiger partial charge >= 0.3 is 0 Å². The number of nitrogen functional groups attached to an aromatic ring is 1. The molecule has 0 saturated carbocycles. The highest BCUT2D eigenvalue weighted by Gasteiger charge is 2.00. The second-order valence-electron chi connectivity index (χ2n) is 4.00. The Bertz CT molecular complexity index is 694. The molecule has 3 rings (SSSR count). The summed E-state index contributed by atoms with van der Waals surface area (Å²) < 4.78 is 0. The minimum absolute atomic E-state index is 0.616. The maximum atomic E-state index is 5.84. The van der Waals surface area contributed by atoms with E-state index >= 15 is 0 Å². The van der Waals surface area contributed by atoms with Crippen molar-refractivity contribution in [2.24, 2.45) is 0 Å². The highest BCUT2D eigenvalue weighted by Crippen LogP contribution is 2.23. The van der Waals surface area contributed by atoms with E-state index in [-0.39, 0.29) is 0 Å². The van der Waals surface area contributed by atoms with Crippen LogP contribution in [0.1, 0.15) is 0 Å². The van der Waals surface area contributed by atoms with Gasteiger partial charge < -0.3 is 11.1 Å². The third-order valence-corrected chi connectivity index (χ3v) is 2.72. The Hall–Kier alpha value is -2.62. The molecule has 2 aromatic heterocycles. The molecular formula is C14H12N4. The van der Waals surface area contributed by atoms with Gasteiger partial charge in [-0.25, -0.2) is 0 Å². The topological polar surface area (TPSA) is 63.8 Å². The van der Waals surface area contributed by atoms with E-state index in [1.807, 2.05) is 36.4 Å². The van der Waals surface area contributed by atoms with Crippen LogP contribution in [0.2, 0.25) is 0 Å². The fraction of sp³-hybridized carbons (Fsp3) is 0. The van der Waals surface area contributed by atoms with Crippen molar-refractivity contribution in [3.63, 3.8) is 0 Å². The summed E-state index contributed by atoms with van der Waals surface area (Å²) in [5.74, 6) is 0. The van der Waals surface area contributed by atoms with Crippen LogP contribution in [0.5, 0.6) is 0 Å². The van der Waals surface area contributed by atoms with Gasteiger partial charge in [-0.1, -0.05) is 18.2 Å². The molecule has 18 heavy (non-hydrogen) atoms. The first-order valence-corrected chi connectivity index (χ1v) is 5.64. The molecule has 3 N–H and O–H groups in total. The Kier molecular flexibility index (Phi) is 2.53. The summed E-state index contributed by atoms with van der Waals surface area (Å²) in [6.45, 7) is 0. The SMILES string of the molecule is Nc1cnccc1Nc1cnc2ccccc2c1. The predicted octanol–water partition coefficient (Wildman–Crippen LogP) is 2.96. The first-order chi connectivity index (χ1) is 8.83. The van der Waals surface area contributed by atoms with Gasteiger partial charge in [0.15, 0.2) is 0 Å². The summed E-state index contributed by atoms with van der Waals surface area (Å²) in [6, 6.07) is 11.9. The number of hydrogen-bond donors (Lipinski definition) is 2. The first kappa shape index (κ1) is 10.5. The number of fused-ring (bicyclic) bond motifs is 1. The summed E-state index contributed by atoms with van der Waals surface area (Å²) >= 11 is 0. The molecule has 0 unspecified atom stereocenters. The normalized spacial score (nSPS) is 10.4. The third-order valence-electron chi connectivity index (χ3n) is 2.72. The fourth-order valence-corrected chi connectivity index (χ4v) is 1.82. The van der Waals surface area contributed by atoms with Crippen LogP contribution in [0, 0.1) is 0 Å². The molecule has 0 bridgehead atoms. The average Bonchev–Trinajstić information content (AvgIpc) is 2.41. The smallest absolute Gasteiger partial charge is 0.0739 e. The van der Waals surface area contributed by atoms with Crippen LogP contribution in [0.3, 0.4) is 0 Å². The van der Waals surface area contributed by atoms with Gasteiger partial charge in [0, 0.05) is 11.6 Å². The molecular weight excluding hydrogens is 224 g/mol. The number of hydrogen-bond acceptors (Lipinski definition) is 4. The molecule has 4 nitrogen and oxygen atoms in total. The number of aromatic nitrogens is 2. The van der Waals surface area contributed by atoms with Crippen LogP contribution in [-0.4, -0.2) is 9.97 Å². The third kappa shape index (κ3) is 1.96. The highest BCUT2D eigenvalue weighted by molar-refractivity contribution is 5.83. The highest BCUT2D eigenvalue weighted by atomic mass is 14.9. The number of pyridine rings is 2. The van der Waals surface area contributed by atoms with Crippen LogP contribution in [0.15, 0.2) is 55.0 Å². The predicted molar refractivity (Wildman–Crippen MR) is 73.7 cm³/mol. The quantitative estimate of drug-likeness (QED) is 0.718. The maximum Gasteiger partial charge on any atom is 0.0739 e. The number of para-hydroxylation sites is 1. The second kappa shape index (κ2) is 4.33. The largest absolute Gasteiger partial charge is 0.396 e. The molecule has 0 aliphatic rings. The lowest BCUT2D eigenvalue weighted by molar-refractivity contribution is 1.32.